The molecule has 3 rings (SSSR count). The zero-order valence-corrected chi connectivity index (χ0v) is 16.3. The molecule has 1 saturated heterocycles. The summed E-state index contributed by atoms with van der Waals surface area (Å²) in [4.78, 5) is 13.7. The van der Waals surface area contributed by atoms with Gasteiger partial charge >= 0.3 is 0 Å². The molecule has 10 heteroatoms. The largest absolute Gasteiger partial charge is 0.493 e. The van der Waals surface area contributed by atoms with Gasteiger partial charge in [-0.1, -0.05) is 17.0 Å². The number of nitrogens with zero attached hydrogens (tertiary/aromatic N) is 1. The molecule has 0 bridgehead atoms. The van der Waals surface area contributed by atoms with Gasteiger partial charge in [-0.05, 0) is 48.4 Å². The van der Waals surface area contributed by atoms with Gasteiger partial charge in [0.1, 0.15) is 11.6 Å². The number of carbonyl (C=O) groups excluding carboxylic acids is 1. The first-order chi connectivity index (χ1) is 13.8. The third-order valence-electron chi connectivity index (χ3n) is 4.40. The lowest BCUT2D eigenvalue weighted by Crippen LogP contribution is -2.46. The van der Waals surface area contributed by atoms with Gasteiger partial charge in [-0.15, -0.1) is 5.17 Å². The number of hydrogen-bond donors (Lipinski definition) is 2. The van der Waals surface area contributed by atoms with Crippen molar-refractivity contribution in [1.82, 2.24) is 10.0 Å². The van der Waals surface area contributed by atoms with E-state index in [2.05, 4.69) is 0 Å². The van der Waals surface area contributed by atoms with Gasteiger partial charge in [0.05, 0.1) is 24.0 Å². The molecule has 2 aromatic carbocycles. The van der Waals surface area contributed by atoms with Crippen LogP contribution in [0, 0.1) is 11.7 Å². The van der Waals surface area contributed by atoms with E-state index in [1.807, 2.05) is 4.83 Å². The van der Waals surface area contributed by atoms with Gasteiger partial charge in [-0.25, -0.2) is 12.8 Å². The van der Waals surface area contributed by atoms with Crippen LogP contribution in [0.4, 0.5) is 4.39 Å². The number of hydroxylamine groups is 1. The molecule has 1 amide bonds. The predicted molar refractivity (Wildman–Crippen MR) is 99.9 cm³/mol. The first-order valence-electron chi connectivity index (χ1n) is 8.95. The molecule has 0 spiro atoms. The minimum atomic E-state index is -4.15. The van der Waals surface area contributed by atoms with E-state index in [-0.39, 0.29) is 22.5 Å². The highest BCUT2D eigenvalue weighted by Crippen LogP contribution is 2.18. The van der Waals surface area contributed by atoms with Gasteiger partial charge in [-0.2, -0.15) is 0 Å². The average molecular weight is 424 g/mol. The average Bonchev–Trinajstić information content (AvgIpc) is 3.24. The van der Waals surface area contributed by atoms with Gasteiger partial charge < -0.3 is 9.47 Å². The molecule has 29 heavy (non-hydrogen) atoms. The summed E-state index contributed by atoms with van der Waals surface area (Å²) in [5, 5.41) is 9.75. The van der Waals surface area contributed by atoms with Crippen LogP contribution in [0.3, 0.4) is 0 Å². The highest BCUT2D eigenvalue weighted by atomic mass is 32.2. The molecular weight excluding hydrogens is 403 g/mol. The minimum absolute atomic E-state index is 0.0121. The monoisotopic (exact) mass is 424 g/mol. The number of ether oxygens (including phenoxy) is 2. The van der Waals surface area contributed by atoms with Crippen LogP contribution in [0.2, 0.25) is 0 Å². The zero-order chi connectivity index (χ0) is 20.9. The second-order valence-electron chi connectivity index (χ2n) is 6.50. The fourth-order valence-corrected chi connectivity index (χ4v) is 3.68. The molecule has 1 aliphatic heterocycles. The lowest BCUT2D eigenvalue weighted by Gasteiger charge is -2.18. The Bertz CT molecular complexity index is 928. The molecule has 1 unspecified atom stereocenters. The summed E-state index contributed by atoms with van der Waals surface area (Å²) < 4.78 is 48.2. The molecule has 0 aliphatic carbocycles. The van der Waals surface area contributed by atoms with E-state index < -0.39 is 21.8 Å². The first-order valence-corrected chi connectivity index (χ1v) is 10.4. The van der Waals surface area contributed by atoms with Crippen molar-refractivity contribution >= 4 is 15.9 Å². The fraction of sp³-hybridized carbons (Fsp3) is 0.316. The van der Waals surface area contributed by atoms with Gasteiger partial charge in [0.2, 0.25) is 0 Å². The van der Waals surface area contributed by atoms with Gasteiger partial charge in [0.15, 0.2) is 0 Å². The maximum atomic E-state index is 12.9. The molecule has 156 valence electrons. The smallest absolute Gasteiger partial charge is 0.267 e. The summed E-state index contributed by atoms with van der Waals surface area (Å²) >= 11 is 0. The third-order valence-corrected chi connectivity index (χ3v) is 5.71. The van der Waals surface area contributed by atoms with Crippen molar-refractivity contribution in [1.29, 1.82) is 0 Å². The topological polar surface area (TPSA) is 105 Å². The van der Waals surface area contributed by atoms with Crippen LogP contribution in [0.1, 0.15) is 12.0 Å². The molecule has 0 radical (unpaired) electrons. The second kappa shape index (κ2) is 9.31. The Balaban J connectivity index is 1.53. The summed E-state index contributed by atoms with van der Waals surface area (Å²) in [7, 11) is -4.15. The number of sulfonamides is 1. The lowest BCUT2D eigenvalue weighted by atomic mass is 10.1. The summed E-state index contributed by atoms with van der Waals surface area (Å²) in [6, 6.07) is 11.6. The number of hydrazine groups is 1. The number of nitrogens with one attached hydrogen (secondary N) is 1. The quantitative estimate of drug-likeness (QED) is 0.495. The van der Waals surface area contributed by atoms with Crippen LogP contribution in [0.5, 0.6) is 5.75 Å². The second-order valence-corrected chi connectivity index (χ2v) is 8.16. The van der Waals surface area contributed by atoms with E-state index >= 15 is 0 Å². The summed E-state index contributed by atoms with van der Waals surface area (Å²) in [6.07, 6.45) is 0.982. The Morgan fingerprint density at radius 3 is 2.52 bits per heavy atom. The number of carbonyl (C=O) groups is 1. The van der Waals surface area contributed by atoms with Gasteiger partial charge in [0.25, 0.3) is 15.9 Å². The van der Waals surface area contributed by atoms with Crippen LogP contribution in [-0.4, -0.2) is 44.5 Å². The van der Waals surface area contributed by atoms with Crippen LogP contribution < -0.4 is 9.57 Å². The fourth-order valence-electron chi connectivity index (χ4n) is 2.77. The molecule has 8 nitrogen and oxygen atoms in total. The van der Waals surface area contributed by atoms with E-state index in [9.17, 15) is 22.8 Å². The Kier molecular flexibility index (Phi) is 6.80. The van der Waals surface area contributed by atoms with E-state index in [4.69, 9.17) is 9.47 Å². The highest BCUT2D eigenvalue weighted by molar-refractivity contribution is 7.89. The van der Waals surface area contributed by atoms with E-state index in [0.29, 0.717) is 31.8 Å². The molecule has 1 aliphatic rings. The summed E-state index contributed by atoms with van der Waals surface area (Å²) in [5.74, 6) is -1.21. The van der Waals surface area contributed by atoms with Crippen molar-refractivity contribution in [3.8, 4) is 5.75 Å². The first kappa shape index (κ1) is 21.2. The SMILES string of the molecule is O=C(C1CCOC1)N(O)NS(=O)(=O)c1ccc(OCCc2ccc(F)cc2)cc1. The normalized spacial score (nSPS) is 16.6. The lowest BCUT2D eigenvalue weighted by molar-refractivity contribution is -0.177. The molecule has 0 saturated carbocycles. The number of rotatable bonds is 8. The number of hydrogen-bond acceptors (Lipinski definition) is 6. The van der Waals surface area contributed by atoms with E-state index in [0.717, 1.165) is 5.56 Å². The standard InChI is InChI=1S/C19H21FN2O6S/c20-16-3-1-14(2-4-16)9-12-28-17-5-7-18(8-6-17)29(25,26)21-22(24)19(23)15-10-11-27-13-15/h1-8,15,21,24H,9-13H2. The minimum Gasteiger partial charge on any atom is -0.493 e. The van der Waals surface area contributed by atoms with Gasteiger partial charge in [-0.3, -0.25) is 10.0 Å². The summed E-state index contributed by atoms with van der Waals surface area (Å²) in [5.41, 5.74) is 0.912. The van der Waals surface area contributed by atoms with Crippen LogP contribution in [-0.2, 0) is 26.0 Å². The summed E-state index contributed by atoms with van der Waals surface area (Å²) in [6.45, 7) is 0.861. The van der Waals surface area contributed by atoms with Crippen molar-refractivity contribution in [2.75, 3.05) is 19.8 Å². The van der Waals surface area contributed by atoms with Crippen LogP contribution in [0.25, 0.3) is 0 Å². The maximum Gasteiger partial charge on any atom is 0.267 e. The van der Waals surface area contributed by atoms with Crippen LogP contribution >= 0.6 is 0 Å². The number of amides is 1. The molecule has 1 atom stereocenters. The molecule has 2 aromatic rings. The van der Waals surface area contributed by atoms with Gasteiger partial charge in [0, 0.05) is 13.0 Å². The maximum absolute atomic E-state index is 12.9. The van der Waals surface area contributed by atoms with Crippen molar-refractivity contribution < 1.29 is 32.3 Å². The van der Waals surface area contributed by atoms with Crippen molar-refractivity contribution in [2.24, 2.45) is 5.92 Å². The predicted octanol–water partition coefficient (Wildman–Crippen LogP) is 1.89. The van der Waals surface area contributed by atoms with Crippen molar-refractivity contribution in [3.63, 3.8) is 0 Å². The van der Waals surface area contributed by atoms with E-state index in [1.165, 1.54) is 36.4 Å². The third kappa shape index (κ3) is 5.73. The van der Waals surface area contributed by atoms with Crippen LogP contribution in [0.15, 0.2) is 53.4 Å². The number of halogens is 1. The molecule has 1 heterocycles. The Morgan fingerprint density at radius 2 is 1.90 bits per heavy atom. The highest BCUT2D eigenvalue weighted by Gasteiger charge is 2.30. The Labute approximate surface area is 167 Å². The number of benzene rings is 2. The van der Waals surface area contributed by atoms with E-state index in [1.54, 1.807) is 12.1 Å². The Morgan fingerprint density at radius 1 is 1.21 bits per heavy atom. The zero-order valence-electron chi connectivity index (χ0n) is 15.5. The Hall–Kier alpha value is -2.53. The molecular formula is C19H21FN2O6S. The molecule has 2 N–H and O–H groups in total. The molecule has 1 fully saturated rings. The van der Waals surface area contributed by atoms with Crippen molar-refractivity contribution in [3.05, 3.63) is 59.9 Å². The molecule has 0 aromatic heterocycles. The van der Waals surface area contributed by atoms with Crippen molar-refractivity contribution in [2.45, 2.75) is 17.7 Å².